The number of carbonyl (C=O) groups is 1. The van der Waals surface area contributed by atoms with Gasteiger partial charge in [-0.1, -0.05) is 12.2 Å². The molecule has 5 rings (SSSR count). The Hall–Kier alpha value is -3.69. The van der Waals surface area contributed by atoms with E-state index >= 15 is 0 Å². The average molecular weight is 429 g/mol. The number of nitrogens with zero attached hydrogens (tertiary/aromatic N) is 4. The summed E-state index contributed by atoms with van der Waals surface area (Å²) in [6, 6.07) is 4.72. The largest absolute Gasteiger partial charge is 0.417 e. The predicted molar refractivity (Wildman–Crippen MR) is 103 cm³/mol. The number of nitrogens with one attached hydrogen (secondary N) is 1. The van der Waals surface area contributed by atoms with Crippen LogP contribution in [0.2, 0.25) is 0 Å². The molecule has 2 bridgehead atoms. The fraction of sp³-hybridized carbons (Fsp3) is 0.190. The zero-order valence-electron chi connectivity index (χ0n) is 16.1. The zero-order valence-corrected chi connectivity index (χ0v) is 16.1. The Labute approximate surface area is 173 Å². The molecule has 2 atom stereocenters. The van der Waals surface area contributed by atoms with Crippen molar-refractivity contribution >= 4 is 11.7 Å². The molecule has 4 heterocycles. The van der Waals surface area contributed by atoms with Crippen molar-refractivity contribution in [2.75, 3.05) is 5.32 Å². The predicted octanol–water partition coefficient (Wildman–Crippen LogP) is 4.84. The first kappa shape index (κ1) is 19.3. The number of hydrogen-bond donors (Lipinski definition) is 1. The molecule has 1 aromatic carbocycles. The Morgan fingerprint density at radius 3 is 2.61 bits per heavy atom. The summed E-state index contributed by atoms with van der Waals surface area (Å²) in [6.45, 7) is 0. The number of aromatic nitrogens is 3. The third-order valence-corrected chi connectivity index (χ3v) is 5.39. The molecule has 2 aliphatic heterocycles. The maximum absolute atomic E-state index is 13.6. The highest BCUT2D eigenvalue weighted by molar-refractivity contribution is 5.92. The van der Waals surface area contributed by atoms with Crippen molar-refractivity contribution in [3.05, 3.63) is 77.5 Å². The molecule has 2 unspecified atom stereocenters. The zero-order chi connectivity index (χ0) is 21.9. The minimum atomic E-state index is -4.58. The number of aryl methyl sites for hydroxylation is 1. The second-order valence-electron chi connectivity index (χ2n) is 7.37. The second kappa shape index (κ2) is 6.66. The minimum Gasteiger partial charge on any atom is -0.308 e. The highest BCUT2D eigenvalue weighted by Crippen LogP contribution is 2.48. The minimum absolute atomic E-state index is 0.138. The van der Waals surface area contributed by atoms with E-state index < -0.39 is 35.7 Å². The van der Waals surface area contributed by atoms with Gasteiger partial charge in [0.15, 0.2) is 0 Å². The SMILES string of the molecule is Cn1ccc(-c2cc(NC(=O)N3C4C=CC3c3ncc(F)cc34)ccc2C(F)(F)F)n1. The fourth-order valence-electron chi connectivity index (χ4n) is 4.08. The molecule has 6 nitrogen and oxygen atoms in total. The summed E-state index contributed by atoms with van der Waals surface area (Å²) in [5.74, 6) is -0.497. The van der Waals surface area contributed by atoms with Crippen LogP contribution in [0.4, 0.5) is 28.0 Å². The van der Waals surface area contributed by atoms with Gasteiger partial charge in [-0.3, -0.25) is 9.67 Å². The molecule has 2 amide bonds. The first-order valence-electron chi connectivity index (χ1n) is 9.36. The van der Waals surface area contributed by atoms with Gasteiger partial charge in [-0.15, -0.1) is 0 Å². The van der Waals surface area contributed by atoms with E-state index in [2.05, 4.69) is 15.4 Å². The van der Waals surface area contributed by atoms with Crippen LogP contribution in [-0.4, -0.2) is 25.7 Å². The Morgan fingerprint density at radius 2 is 1.90 bits per heavy atom. The van der Waals surface area contributed by atoms with Gasteiger partial charge in [0.25, 0.3) is 0 Å². The van der Waals surface area contributed by atoms with Gasteiger partial charge < -0.3 is 10.2 Å². The molecule has 0 spiro atoms. The molecular weight excluding hydrogens is 414 g/mol. The van der Waals surface area contributed by atoms with Crippen LogP contribution in [0.15, 0.2) is 54.9 Å². The van der Waals surface area contributed by atoms with E-state index in [1.165, 1.54) is 40.0 Å². The lowest BCUT2D eigenvalue weighted by Crippen LogP contribution is -2.32. The van der Waals surface area contributed by atoms with Crippen molar-refractivity contribution in [3.63, 3.8) is 0 Å². The Kier molecular flexibility index (Phi) is 4.14. The quantitative estimate of drug-likeness (QED) is 0.469. The summed E-state index contributed by atoms with van der Waals surface area (Å²) in [6.07, 6.45) is 1.63. The Bertz CT molecular complexity index is 1230. The van der Waals surface area contributed by atoms with Gasteiger partial charge in [-0.05, 0) is 30.3 Å². The molecular formula is C21H15F4N5O. The van der Waals surface area contributed by atoms with Crippen molar-refractivity contribution in [2.45, 2.75) is 18.3 Å². The normalized spacial score (nSPS) is 19.1. The van der Waals surface area contributed by atoms with Gasteiger partial charge in [-0.2, -0.15) is 18.3 Å². The maximum atomic E-state index is 13.6. The van der Waals surface area contributed by atoms with E-state index in [1.54, 1.807) is 19.2 Å². The number of amides is 2. The van der Waals surface area contributed by atoms with Crippen molar-refractivity contribution in [2.24, 2.45) is 7.05 Å². The van der Waals surface area contributed by atoms with Gasteiger partial charge in [-0.25, -0.2) is 9.18 Å². The van der Waals surface area contributed by atoms with E-state index in [9.17, 15) is 22.4 Å². The standard InChI is InChI=1S/C21H15F4N5O/c1-29-7-6-16(28-29)13-9-12(2-3-15(13)21(23,24)25)27-20(31)30-17-4-5-18(30)19-14(17)8-11(22)10-26-19/h2-10,17-18H,1H3,(H,27,31). The third-order valence-electron chi connectivity index (χ3n) is 5.39. The summed E-state index contributed by atoms with van der Waals surface area (Å²) in [7, 11) is 1.60. The number of fused-ring (bicyclic) bond motifs is 5. The number of halogens is 4. The van der Waals surface area contributed by atoms with Crippen LogP contribution in [0.3, 0.4) is 0 Å². The van der Waals surface area contributed by atoms with Crippen molar-refractivity contribution in [1.82, 2.24) is 19.7 Å². The van der Waals surface area contributed by atoms with Gasteiger partial charge in [0.2, 0.25) is 0 Å². The van der Waals surface area contributed by atoms with E-state index in [1.807, 2.05) is 0 Å². The molecule has 0 saturated carbocycles. The average Bonchev–Trinajstić information content (AvgIpc) is 3.40. The Morgan fingerprint density at radius 1 is 1.13 bits per heavy atom. The molecule has 3 aromatic rings. The molecule has 158 valence electrons. The van der Waals surface area contributed by atoms with E-state index in [-0.39, 0.29) is 16.9 Å². The summed E-state index contributed by atoms with van der Waals surface area (Å²) in [4.78, 5) is 18.5. The van der Waals surface area contributed by atoms with Crippen LogP contribution in [0.25, 0.3) is 11.3 Å². The monoisotopic (exact) mass is 429 g/mol. The van der Waals surface area contributed by atoms with Crippen molar-refractivity contribution in [1.29, 1.82) is 0 Å². The topological polar surface area (TPSA) is 63.1 Å². The number of urea groups is 1. The molecule has 0 saturated heterocycles. The summed E-state index contributed by atoms with van der Waals surface area (Å²) in [5.41, 5.74) is 0.531. The molecule has 0 fully saturated rings. The third kappa shape index (κ3) is 3.15. The second-order valence-corrected chi connectivity index (χ2v) is 7.37. The maximum Gasteiger partial charge on any atom is 0.417 e. The van der Waals surface area contributed by atoms with Gasteiger partial charge >= 0.3 is 12.2 Å². The highest BCUT2D eigenvalue weighted by atomic mass is 19.4. The summed E-state index contributed by atoms with van der Waals surface area (Å²) >= 11 is 0. The van der Waals surface area contributed by atoms with Gasteiger partial charge in [0.05, 0.1) is 35.2 Å². The van der Waals surface area contributed by atoms with Crippen LogP contribution >= 0.6 is 0 Å². The molecule has 0 radical (unpaired) electrons. The fourth-order valence-corrected chi connectivity index (χ4v) is 4.08. The number of anilines is 1. The van der Waals surface area contributed by atoms with E-state index in [0.29, 0.717) is 11.3 Å². The van der Waals surface area contributed by atoms with Crippen LogP contribution in [0.1, 0.15) is 28.9 Å². The smallest absolute Gasteiger partial charge is 0.308 e. The number of alkyl halides is 3. The number of pyridine rings is 1. The molecule has 1 N–H and O–H groups in total. The van der Waals surface area contributed by atoms with Crippen LogP contribution in [-0.2, 0) is 13.2 Å². The Balaban J connectivity index is 1.45. The van der Waals surface area contributed by atoms with Crippen LogP contribution in [0, 0.1) is 5.82 Å². The molecule has 0 aliphatic carbocycles. The highest BCUT2D eigenvalue weighted by Gasteiger charge is 2.44. The lowest BCUT2D eigenvalue weighted by atomic mass is 10.0. The van der Waals surface area contributed by atoms with Crippen LogP contribution in [0.5, 0.6) is 0 Å². The van der Waals surface area contributed by atoms with Crippen molar-refractivity contribution in [3.8, 4) is 11.3 Å². The summed E-state index contributed by atoms with van der Waals surface area (Å²) < 4.78 is 55.5. The molecule has 2 aliphatic rings. The van der Waals surface area contributed by atoms with E-state index in [4.69, 9.17) is 0 Å². The number of rotatable bonds is 2. The molecule has 2 aromatic heterocycles. The van der Waals surface area contributed by atoms with Gasteiger partial charge in [0, 0.05) is 30.1 Å². The molecule has 10 heteroatoms. The van der Waals surface area contributed by atoms with Crippen molar-refractivity contribution < 1.29 is 22.4 Å². The first-order valence-corrected chi connectivity index (χ1v) is 9.36. The van der Waals surface area contributed by atoms with Gasteiger partial charge in [0.1, 0.15) is 5.82 Å². The summed E-state index contributed by atoms with van der Waals surface area (Å²) in [5, 5.41) is 6.72. The lowest BCUT2D eigenvalue weighted by Gasteiger charge is -2.23. The van der Waals surface area contributed by atoms with Crippen LogP contribution < -0.4 is 5.32 Å². The number of benzene rings is 1. The number of carbonyl (C=O) groups excluding carboxylic acids is 1. The number of hydrogen-bond acceptors (Lipinski definition) is 3. The lowest BCUT2D eigenvalue weighted by molar-refractivity contribution is -0.137. The molecule has 31 heavy (non-hydrogen) atoms. The first-order chi connectivity index (χ1) is 14.7. The van der Waals surface area contributed by atoms with E-state index in [0.717, 1.165) is 12.3 Å².